The zero-order chi connectivity index (χ0) is 12.3. The lowest BCUT2D eigenvalue weighted by Gasteiger charge is -2.04. The van der Waals surface area contributed by atoms with Crippen LogP contribution < -0.4 is 0 Å². The van der Waals surface area contributed by atoms with Crippen LogP contribution in [0.2, 0.25) is 0 Å². The molecule has 0 heteroatoms. The Kier molecular flexibility index (Phi) is 12.5. The standard InChI is InChI=1S/C11H16.2C2H6/c1-9(2)8-11-6-4-10(3)5-7-11;2*1-2/h4-7,9H,8H2,1-3H3;2*1-2H3. The molecule has 0 bridgehead atoms. The summed E-state index contributed by atoms with van der Waals surface area (Å²) in [6.07, 6.45) is 1.19. The highest BCUT2D eigenvalue weighted by Gasteiger charge is 1.95. The Morgan fingerprint density at radius 1 is 0.867 bits per heavy atom. The molecule has 0 N–H and O–H groups in total. The molecule has 0 aromatic heterocycles. The second-order valence-corrected chi connectivity index (χ2v) is 3.58. The minimum Gasteiger partial charge on any atom is -0.0683 e. The molecule has 0 aliphatic heterocycles. The molecule has 1 rings (SSSR count). The average Bonchev–Trinajstić information content (AvgIpc) is 2.27. The van der Waals surface area contributed by atoms with Crippen LogP contribution in [0.25, 0.3) is 0 Å². The van der Waals surface area contributed by atoms with Gasteiger partial charge in [-0.05, 0) is 24.8 Å². The maximum Gasteiger partial charge on any atom is -0.0256 e. The minimum absolute atomic E-state index is 0.762. The van der Waals surface area contributed by atoms with E-state index in [1.54, 1.807) is 0 Å². The fraction of sp³-hybridized carbons (Fsp3) is 0.600. The molecule has 0 nitrogen and oxygen atoms in total. The van der Waals surface area contributed by atoms with Gasteiger partial charge in [-0.3, -0.25) is 0 Å². The summed E-state index contributed by atoms with van der Waals surface area (Å²) >= 11 is 0. The second-order valence-electron chi connectivity index (χ2n) is 3.58. The molecule has 0 aliphatic rings. The van der Waals surface area contributed by atoms with Crippen LogP contribution in [0.4, 0.5) is 0 Å². The molecule has 15 heavy (non-hydrogen) atoms. The lowest BCUT2D eigenvalue weighted by atomic mass is 10.0. The maximum absolute atomic E-state index is 2.25. The topological polar surface area (TPSA) is 0 Å². The summed E-state index contributed by atoms with van der Waals surface area (Å²) < 4.78 is 0. The summed E-state index contributed by atoms with van der Waals surface area (Å²) in [5.74, 6) is 0.762. The molecule has 0 saturated heterocycles. The van der Waals surface area contributed by atoms with Gasteiger partial charge in [0.15, 0.2) is 0 Å². The molecule has 88 valence electrons. The van der Waals surface area contributed by atoms with E-state index in [9.17, 15) is 0 Å². The second kappa shape index (κ2) is 11.3. The summed E-state index contributed by atoms with van der Waals surface area (Å²) in [5, 5.41) is 0. The summed E-state index contributed by atoms with van der Waals surface area (Å²) in [4.78, 5) is 0. The molecular formula is C15H28. The SMILES string of the molecule is CC.CC.Cc1ccc(CC(C)C)cc1. The first-order valence-corrected chi connectivity index (χ1v) is 6.24. The van der Waals surface area contributed by atoms with Gasteiger partial charge in [-0.15, -0.1) is 0 Å². The third-order valence-corrected chi connectivity index (χ3v) is 1.76. The fourth-order valence-electron chi connectivity index (χ4n) is 1.20. The smallest absolute Gasteiger partial charge is 0.0256 e. The zero-order valence-electron chi connectivity index (χ0n) is 11.6. The Morgan fingerprint density at radius 3 is 1.60 bits per heavy atom. The summed E-state index contributed by atoms with van der Waals surface area (Å²) in [7, 11) is 0. The first-order valence-electron chi connectivity index (χ1n) is 6.24. The van der Waals surface area contributed by atoms with E-state index in [4.69, 9.17) is 0 Å². The Bertz CT molecular complexity index is 206. The third-order valence-electron chi connectivity index (χ3n) is 1.76. The van der Waals surface area contributed by atoms with E-state index in [0.29, 0.717) is 0 Å². The van der Waals surface area contributed by atoms with E-state index in [1.165, 1.54) is 17.5 Å². The molecule has 0 unspecified atom stereocenters. The van der Waals surface area contributed by atoms with Crippen molar-refractivity contribution >= 4 is 0 Å². The number of rotatable bonds is 2. The highest BCUT2D eigenvalue weighted by Crippen LogP contribution is 2.08. The van der Waals surface area contributed by atoms with Crippen molar-refractivity contribution in [2.45, 2.75) is 54.9 Å². The van der Waals surface area contributed by atoms with Gasteiger partial charge >= 0.3 is 0 Å². The van der Waals surface area contributed by atoms with Crippen LogP contribution in [0.15, 0.2) is 24.3 Å². The average molecular weight is 208 g/mol. The zero-order valence-corrected chi connectivity index (χ0v) is 11.6. The van der Waals surface area contributed by atoms with Crippen molar-refractivity contribution in [1.82, 2.24) is 0 Å². The Morgan fingerprint density at radius 2 is 1.27 bits per heavy atom. The molecule has 0 radical (unpaired) electrons. The molecule has 0 saturated carbocycles. The monoisotopic (exact) mass is 208 g/mol. The molecule has 0 fully saturated rings. The molecule has 0 spiro atoms. The Labute approximate surface area is 96.7 Å². The third kappa shape index (κ3) is 9.52. The minimum atomic E-state index is 0.762. The molecule has 0 heterocycles. The van der Waals surface area contributed by atoms with Crippen LogP contribution in [0, 0.1) is 12.8 Å². The van der Waals surface area contributed by atoms with E-state index >= 15 is 0 Å². The van der Waals surface area contributed by atoms with E-state index in [2.05, 4.69) is 45.0 Å². The van der Waals surface area contributed by atoms with Crippen LogP contribution in [-0.4, -0.2) is 0 Å². The summed E-state index contributed by atoms with van der Waals surface area (Å²) in [5.41, 5.74) is 2.79. The van der Waals surface area contributed by atoms with Gasteiger partial charge in [0, 0.05) is 0 Å². The molecule has 1 aromatic rings. The lowest BCUT2D eigenvalue weighted by Crippen LogP contribution is -1.93. The van der Waals surface area contributed by atoms with Crippen molar-refractivity contribution in [2.24, 2.45) is 5.92 Å². The van der Waals surface area contributed by atoms with Gasteiger partial charge in [0.25, 0.3) is 0 Å². The van der Waals surface area contributed by atoms with Crippen molar-refractivity contribution in [3.05, 3.63) is 35.4 Å². The normalized spacial score (nSPS) is 8.53. The highest BCUT2D eigenvalue weighted by atomic mass is 14.0. The largest absolute Gasteiger partial charge is 0.0683 e. The Hall–Kier alpha value is -0.780. The predicted octanol–water partition coefficient (Wildman–Crippen LogP) is 5.25. The van der Waals surface area contributed by atoms with Crippen molar-refractivity contribution in [3.8, 4) is 0 Å². The molecule has 0 amide bonds. The number of hydrogen-bond donors (Lipinski definition) is 0. The van der Waals surface area contributed by atoms with Gasteiger partial charge in [0.2, 0.25) is 0 Å². The highest BCUT2D eigenvalue weighted by molar-refractivity contribution is 5.21. The van der Waals surface area contributed by atoms with Crippen LogP contribution >= 0.6 is 0 Å². The first-order chi connectivity index (χ1) is 7.18. The van der Waals surface area contributed by atoms with Gasteiger partial charge < -0.3 is 0 Å². The van der Waals surface area contributed by atoms with Crippen molar-refractivity contribution < 1.29 is 0 Å². The van der Waals surface area contributed by atoms with Gasteiger partial charge in [0.1, 0.15) is 0 Å². The Balaban J connectivity index is 0. The quantitative estimate of drug-likeness (QED) is 0.623. The van der Waals surface area contributed by atoms with Crippen LogP contribution in [-0.2, 0) is 6.42 Å². The lowest BCUT2D eigenvalue weighted by molar-refractivity contribution is 0.647. The van der Waals surface area contributed by atoms with E-state index in [-0.39, 0.29) is 0 Å². The van der Waals surface area contributed by atoms with Crippen molar-refractivity contribution in [3.63, 3.8) is 0 Å². The van der Waals surface area contributed by atoms with Crippen LogP contribution in [0.5, 0.6) is 0 Å². The van der Waals surface area contributed by atoms with E-state index in [1.807, 2.05) is 27.7 Å². The predicted molar refractivity (Wildman–Crippen MR) is 72.4 cm³/mol. The molecule has 1 aromatic carbocycles. The number of hydrogen-bond acceptors (Lipinski definition) is 0. The number of aryl methyl sites for hydroxylation is 1. The van der Waals surface area contributed by atoms with Crippen LogP contribution in [0.1, 0.15) is 52.7 Å². The fourth-order valence-corrected chi connectivity index (χ4v) is 1.20. The van der Waals surface area contributed by atoms with Gasteiger partial charge in [-0.25, -0.2) is 0 Å². The van der Waals surface area contributed by atoms with Crippen molar-refractivity contribution in [1.29, 1.82) is 0 Å². The first kappa shape index (κ1) is 16.6. The van der Waals surface area contributed by atoms with Gasteiger partial charge in [-0.1, -0.05) is 71.4 Å². The van der Waals surface area contributed by atoms with Gasteiger partial charge in [0.05, 0.1) is 0 Å². The molecule has 0 atom stereocenters. The summed E-state index contributed by atoms with van der Waals surface area (Å²) in [6.45, 7) is 14.6. The number of benzene rings is 1. The summed E-state index contributed by atoms with van der Waals surface area (Å²) in [6, 6.07) is 8.79. The van der Waals surface area contributed by atoms with E-state index in [0.717, 1.165) is 5.92 Å². The van der Waals surface area contributed by atoms with E-state index < -0.39 is 0 Å². The van der Waals surface area contributed by atoms with Crippen LogP contribution in [0.3, 0.4) is 0 Å². The van der Waals surface area contributed by atoms with Gasteiger partial charge in [-0.2, -0.15) is 0 Å². The maximum atomic E-state index is 2.25. The molecular weight excluding hydrogens is 180 g/mol. The molecule has 0 aliphatic carbocycles. The van der Waals surface area contributed by atoms with Crippen molar-refractivity contribution in [2.75, 3.05) is 0 Å².